The van der Waals surface area contributed by atoms with Crippen molar-refractivity contribution < 1.29 is 14.7 Å². The Hall–Kier alpha value is -3.15. The molecule has 0 unspecified atom stereocenters. The van der Waals surface area contributed by atoms with Crippen LogP contribution in [-0.4, -0.2) is 23.1 Å². The van der Waals surface area contributed by atoms with Crippen LogP contribution < -0.4 is 10.7 Å². The molecule has 2 aromatic carbocycles. The van der Waals surface area contributed by atoms with Gasteiger partial charge in [0.25, 0.3) is 0 Å². The molecule has 2 aromatic rings. The molecule has 0 aliphatic heterocycles. The summed E-state index contributed by atoms with van der Waals surface area (Å²) < 4.78 is 0. The quantitative estimate of drug-likeness (QED) is 0.449. The maximum Gasteiger partial charge on any atom is 0.249 e. The van der Waals surface area contributed by atoms with Gasteiger partial charge in [-0.2, -0.15) is 5.10 Å². The van der Waals surface area contributed by atoms with Gasteiger partial charge in [0.1, 0.15) is 12.2 Å². The molecule has 0 saturated carbocycles. The molecule has 0 aromatic heterocycles. The SMILES string of the molecule is Cc1ccc(NC(=O)CC(=O)NN=Cc2cccc(O)c2)cc1. The fourth-order valence-electron chi connectivity index (χ4n) is 1.81. The van der Waals surface area contributed by atoms with Gasteiger partial charge in [0.2, 0.25) is 11.8 Å². The Morgan fingerprint density at radius 3 is 2.57 bits per heavy atom. The standard InChI is InChI=1S/C17H17N3O3/c1-12-5-7-14(8-6-12)19-16(22)10-17(23)20-18-11-13-3-2-4-15(21)9-13/h2-9,11,21H,10H2,1H3,(H,19,22)(H,20,23). The number of nitrogens with one attached hydrogen (secondary N) is 2. The number of carbonyl (C=O) groups is 2. The summed E-state index contributed by atoms with van der Waals surface area (Å²) in [6.45, 7) is 1.95. The van der Waals surface area contributed by atoms with E-state index in [0.717, 1.165) is 5.56 Å². The number of hydrogen-bond donors (Lipinski definition) is 3. The molecule has 0 aliphatic rings. The molecule has 0 radical (unpaired) electrons. The third-order valence-electron chi connectivity index (χ3n) is 2.93. The number of aryl methyl sites for hydroxylation is 1. The first-order chi connectivity index (χ1) is 11.0. The lowest BCUT2D eigenvalue weighted by atomic mass is 10.2. The van der Waals surface area contributed by atoms with Gasteiger partial charge < -0.3 is 10.4 Å². The second kappa shape index (κ2) is 7.74. The molecule has 0 bridgehead atoms. The van der Waals surface area contributed by atoms with Crippen molar-refractivity contribution in [2.75, 3.05) is 5.32 Å². The summed E-state index contributed by atoms with van der Waals surface area (Å²) in [5.41, 5.74) is 4.62. The Labute approximate surface area is 133 Å². The van der Waals surface area contributed by atoms with E-state index in [1.165, 1.54) is 18.3 Å². The summed E-state index contributed by atoms with van der Waals surface area (Å²) >= 11 is 0. The number of phenolic OH excluding ortho intramolecular Hbond substituents is 1. The van der Waals surface area contributed by atoms with E-state index in [0.29, 0.717) is 11.3 Å². The summed E-state index contributed by atoms with van der Waals surface area (Å²) in [5, 5.41) is 15.7. The zero-order valence-electron chi connectivity index (χ0n) is 12.6. The van der Waals surface area contributed by atoms with Gasteiger partial charge in [0.15, 0.2) is 0 Å². The molecule has 0 fully saturated rings. The average Bonchev–Trinajstić information content (AvgIpc) is 2.49. The molecule has 6 nitrogen and oxygen atoms in total. The van der Waals surface area contributed by atoms with Gasteiger partial charge in [-0.3, -0.25) is 9.59 Å². The minimum Gasteiger partial charge on any atom is -0.508 e. The number of benzene rings is 2. The van der Waals surface area contributed by atoms with Gasteiger partial charge >= 0.3 is 0 Å². The zero-order valence-corrected chi connectivity index (χ0v) is 12.6. The Morgan fingerprint density at radius 1 is 1.13 bits per heavy atom. The minimum absolute atomic E-state index is 0.109. The second-order valence-electron chi connectivity index (χ2n) is 4.98. The van der Waals surface area contributed by atoms with Crippen LogP contribution in [0.1, 0.15) is 17.5 Å². The monoisotopic (exact) mass is 311 g/mol. The van der Waals surface area contributed by atoms with Crippen LogP contribution in [0.2, 0.25) is 0 Å². The Balaban J connectivity index is 1.80. The van der Waals surface area contributed by atoms with Crippen molar-refractivity contribution in [1.29, 1.82) is 0 Å². The lowest BCUT2D eigenvalue weighted by Crippen LogP contribution is -2.24. The number of hydrazone groups is 1. The van der Waals surface area contributed by atoms with E-state index in [2.05, 4.69) is 15.8 Å². The first-order valence-corrected chi connectivity index (χ1v) is 7.00. The second-order valence-corrected chi connectivity index (χ2v) is 4.98. The molecule has 0 saturated heterocycles. The van der Waals surface area contributed by atoms with Gasteiger partial charge in [-0.1, -0.05) is 29.8 Å². The van der Waals surface area contributed by atoms with Crippen LogP contribution >= 0.6 is 0 Å². The van der Waals surface area contributed by atoms with E-state index in [4.69, 9.17) is 0 Å². The molecule has 2 amide bonds. The number of carbonyl (C=O) groups excluding carboxylic acids is 2. The number of hydrogen-bond acceptors (Lipinski definition) is 4. The molecule has 0 spiro atoms. The highest BCUT2D eigenvalue weighted by Gasteiger charge is 2.08. The predicted molar refractivity (Wildman–Crippen MR) is 88.3 cm³/mol. The van der Waals surface area contributed by atoms with Crippen LogP contribution in [-0.2, 0) is 9.59 Å². The van der Waals surface area contributed by atoms with Gasteiger partial charge in [-0.25, -0.2) is 5.43 Å². The zero-order chi connectivity index (χ0) is 16.7. The smallest absolute Gasteiger partial charge is 0.249 e. The lowest BCUT2D eigenvalue weighted by molar-refractivity contribution is -0.126. The number of rotatable bonds is 5. The summed E-state index contributed by atoms with van der Waals surface area (Å²) in [6, 6.07) is 13.7. The van der Waals surface area contributed by atoms with E-state index in [1.54, 1.807) is 24.3 Å². The highest BCUT2D eigenvalue weighted by molar-refractivity contribution is 6.03. The fourth-order valence-corrected chi connectivity index (χ4v) is 1.81. The maximum atomic E-state index is 11.7. The number of amides is 2. The summed E-state index contributed by atoms with van der Waals surface area (Å²) in [5.74, 6) is -0.831. The molecule has 3 N–H and O–H groups in total. The normalized spacial score (nSPS) is 10.5. The van der Waals surface area contributed by atoms with Gasteiger partial charge in [0.05, 0.1) is 6.21 Å². The molecule has 6 heteroatoms. The van der Waals surface area contributed by atoms with E-state index < -0.39 is 11.8 Å². The largest absolute Gasteiger partial charge is 0.508 e. The highest BCUT2D eigenvalue weighted by Crippen LogP contribution is 2.09. The number of anilines is 1. The fraction of sp³-hybridized carbons (Fsp3) is 0.118. The maximum absolute atomic E-state index is 11.7. The van der Waals surface area contributed by atoms with E-state index in [1.807, 2.05) is 19.1 Å². The Bertz CT molecular complexity index is 724. The number of phenols is 1. The predicted octanol–water partition coefficient (Wildman–Crippen LogP) is 2.18. The lowest BCUT2D eigenvalue weighted by Gasteiger charge is -2.04. The van der Waals surface area contributed by atoms with Crippen molar-refractivity contribution in [2.24, 2.45) is 5.10 Å². The van der Waals surface area contributed by atoms with E-state index >= 15 is 0 Å². The van der Waals surface area contributed by atoms with Crippen molar-refractivity contribution in [3.63, 3.8) is 0 Å². The Morgan fingerprint density at radius 2 is 1.87 bits per heavy atom. The molecular formula is C17H17N3O3. The number of aromatic hydroxyl groups is 1. The average molecular weight is 311 g/mol. The summed E-state index contributed by atoms with van der Waals surface area (Å²) in [7, 11) is 0. The molecule has 23 heavy (non-hydrogen) atoms. The van der Waals surface area contributed by atoms with Crippen molar-refractivity contribution in [3.8, 4) is 5.75 Å². The number of nitrogens with zero attached hydrogens (tertiary/aromatic N) is 1. The van der Waals surface area contributed by atoms with Crippen LogP contribution in [0, 0.1) is 6.92 Å². The summed E-state index contributed by atoms with van der Waals surface area (Å²) in [6.07, 6.45) is 1.06. The summed E-state index contributed by atoms with van der Waals surface area (Å²) in [4.78, 5) is 23.3. The van der Waals surface area contributed by atoms with Crippen LogP contribution in [0.15, 0.2) is 53.6 Å². The van der Waals surface area contributed by atoms with E-state index in [9.17, 15) is 14.7 Å². The van der Waals surface area contributed by atoms with Gasteiger partial charge in [0, 0.05) is 5.69 Å². The van der Waals surface area contributed by atoms with Crippen LogP contribution in [0.5, 0.6) is 5.75 Å². The topological polar surface area (TPSA) is 90.8 Å². The van der Waals surface area contributed by atoms with Crippen molar-refractivity contribution in [2.45, 2.75) is 13.3 Å². The van der Waals surface area contributed by atoms with Gasteiger partial charge in [-0.05, 0) is 36.8 Å². The van der Waals surface area contributed by atoms with Crippen LogP contribution in [0.3, 0.4) is 0 Å². The van der Waals surface area contributed by atoms with Crippen molar-refractivity contribution in [3.05, 3.63) is 59.7 Å². The van der Waals surface area contributed by atoms with Crippen molar-refractivity contribution in [1.82, 2.24) is 5.43 Å². The molecule has 2 rings (SSSR count). The van der Waals surface area contributed by atoms with Gasteiger partial charge in [-0.15, -0.1) is 0 Å². The molecule has 118 valence electrons. The highest BCUT2D eigenvalue weighted by atomic mass is 16.3. The third kappa shape index (κ3) is 5.62. The minimum atomic E-state index is -0.522. The van der Waals surface area contributed by atoms with Crippen LogP contribution in [0.4, 0.5) is 5.69 Å². The third-order valence-corrected chi connectivity index (χ3v) is 2.93. The first-order valence-electron chi connectivity index (χ1n) is 7.00. The molecule has 0 heterocycles. The van der Waals surface area contributed by atoms with Crippen molar-refractivity contribution >= 4 is 23.7 Å². The Kier molecular flexibility index (Phi) is 5.46. The molecule has 0 aliphatic carbocycles. The molecular weight excluding hydrogens is 294 g/mol. The first kappa shape index (κ1) is 16.2. The van der Waals surface area contributed by atoms with Crippen LogP contribution in [0.25, 0.3) is 0 Å². The molecule has 0 atom stereocenters. The van der Waals surface area contributed by atoms with E-state index in [-0.39, 0.29) is 12.2 Å².